The number of benzene rings is 1. The van der Waals surface area contributed by atoms with E-state index in [1.165, 1.54) is 31.2 Å². The van der Waals surface area contributed by atoms with Gasteiger partial charge < -0.3 is 19.1 Å². The van der Waals surface area contributed by atoms with E-state index in [2.05, 4.69) is 6.92 Å². The second-order valence-electron chi connectivity index (χ2n) is 8.65. The first kappa shape index (κ1) is 26.7. The lowest BCUT2D eigenvalue weighted by Crippen LogP contribution is -2.44. The molecule has 2 aromatic rings. The molecule has 1 aromatic heterocycles. The van der Waals surface area contributed by atoms with Crippen LogP contribution in [0.15, 0.2) is 42.6 Å². The molecule has 6 heteroatoms. The summed E-state index contributed by atoms with van der Waals surface area (Å²) in [4.78, 5) is 29.9. The lowest BCUT2D eigenvalue weighted by atomic mass is 10.0. The number of hydrogen-bond acceptors (Lipinski definition) is 3. The molecule has 2 rings (SSSR count). The van der Waals surface area contributed by atoms with Crippen molar-refractivity contribution in [2.24, 2.45) is 7.05 Å². The highest BCUT2D eigenvalue weighted by molar-refractivity contribution is 5.96. The minimum Gasteiger partial charge on any atom is -0.383 e. The first-order valence-electron chi connectivity index (χ1n) is 12.2. The maximum absolute atomic E-state index is 13.2. The molecule has 0 unspecified atom stereocenters. The quantitative estimate of drug-likeness (QED) is 0.367. The molecular formula is C27H41N3O3. The van der Waals surface area contributed by atoms with E-state index in [-0.39, 0.29) is 18.4 Å². The van der Waals surface area contributed by atoms with Crippen molar-refractivity contribution in [3.8, 4) is 0 Å². The van der Waals surface area contributed by atoms with Gasteiger partial charge in [-0.25, -0.2) is 0 Å². The van der Waals surface area contributed by atoms with Gasteiger partial charge in [-0.2, -0.15) is 0 Å². The van der Waals surface area contributed by atoms with E-state index >= 15 is 0 Å². The molecule has 6 nitrogen and oxygen atoms in total. The van der Waals surface area contributed by atoms with E-state index in [0.717, 1.165) is 18.5 Å². The fraction of sp³-hybridized carbons (Fsp3) is 0.556. The maximum atomic E-state index is 13.2. The molecule has 0 saturated heterocycles. The second kappa shape index (κ2) is 14.5. The number of nitrogens with zero attached hydrogens (tertiary/aromatic N) is 3. The Morgan fingerprint density at radius 3 is 2.30 bits per heavy atom. The molecule has 0 aliphatic rings. The number of carbonyl (C=O) groups excluding carboxylic acids is 2. The van der Waals surface area contributed by atoms with Crippen LogP contribution in [0.2, 0.25) is 0 Å². The zero-order valence-corrected chi connectivity index (χ0v) is 20.9. The molecule has 0 saturated carbocycles. The number of aromatic nitrogens is 1. The number of aryl methyl sites for hydroxylation is 2. The van der Waals surface area contributed by atoms with Gasteiger partial charge in [0, 0.05) is 44.7 Å². The molecule has 1 heterocycles. The maximum Gasteiger partial charge on any atom is 0.254 e. The van der Waals surface area contributed by atoms with Gasteiger partial charge in [-0.1, -0.05) is 45.2 Å². The molecule has 0 spiro atoms. The van der Waals surface area contributed by atoms with Crippen molar-refractivity contribution in [2.45, 2.75) is 58.9 Å². The molecule has 0 aliphatic carbocycles. The Labute approximate surface area is 199 Å². The summed E-state index contributed by atoms with van der Waals surface area (Å²) < 4.78 is 7.22. The lowest BCUT2D eigenvalue weighted by Gasteiger charge is -2.27. The Morgan fingerprint density at radius 2 is 1.70 bits per heavy atom. The van der Waals surface area contributed by atoms with Crippen molar-refractivity contribution >= 4 is 11.8 Å². The van der Waals surface area contributed by atoms with Crippen LogP contribution in [0, 0.1) is 0 Å². The van der Waals surface area contributed by atoms with E-state index in [1.54, 1.807) is 16.9 Å². The Morgan fingerprint density at radius 1 is 0.939 bits per heavy atom. The van der Waals surface area contributed by atoms with Crippen LogP contribution in [0.3, 0.4) is 0 Å². The van der Waals surface area contributed by atoms with E-state index in [1.807, 2.05) is 61.1 Å². The minimum absolute atomic E-state index is 0.0670. The zero-order chi connectivity index (χ0) is 24.1. The predicted octanol–water partition coefficient (Wildman–Crippen LogP) is 4.68. The van der Waals surface area contributed by atoms with Gasteiger partial charge in [-0.15, -0.1) is 0 Å². The number of rotatable bonds is 15. The molecule has 2 amide bonds. The normalized spacial score (nSPS) is 10.9. The van der Waals surface area contributed by atoms with Crippen LogP contribution >= 0.6 is 0 Å². The van der Waals surface area contributed by atoms with Gasteiger partial charge in [0.2, 0.25) is 5.91 Å². The largest absolute Gasteiger partial charge is 0.383 e. The number of ether oxygens (including phenoxy) is 1. The van der Waals surface area contributed by atoms with Gasteiger partial charge in [0.1, 0.15) is 6.54 Å². The summed E-state index contributed by atoms with van der Waals surface area (Å²) in [5.74, 6) is -0.157. The van der Waals surface area contributed by atoms with E-state index < -0.39 is 0 Å². The monoisotopic (exact) mass is 455 g/mol. The molecule has 182 valence electrons. The standard InChI is InChI=1S/C27H41N3O3/c1-5-7-8-9-11-23-13-15-24(16-14-23)27(32)30(17-6-2)22-26(31)29(19-20-33-4)21-25-12-10-18-28(25)3/h10,12-16,18H,5-9,11,17,19-22H2,1-4H3. The summed E-state index contributed by atoms with van der Waals surface area (Å²) in [5.41, 5.74) is 2.94. The molecule has 0 fully saturated rings. The van der Waals surface area contributed by atoms with Crippen molar-refractivity contribution in [2.75, 3.05) is 33.4 Å². The smallest absolute Gasteiger partial charge is 0.254 e. The van der Waals surface area contributed by atoms with E-state index in [4.69, 9.17) is 4.74 Å². The molecule has 0 bridgehead atoms. The summed E-state index contributed by atoms with van der Waals surface area (Å²) in [6.45, 7) is 6.29. The average molecular weight is 456 g/mol. The molecule has 0 N–H and O–H groups in total. The molecule has 0 atom stereocenters. The van der Waals surface area contributed by atoms with Crippen molar-refractivity contribution < 1.29 is 14.3 Å². The fourth-order valence-corrected chi connectivity index (χ4v) is 3.89. The highest BCUT2D eigenvalue weighted by atomic mass is 16.5. The minimum atomic E-state index is -0.0895. The highest BCUT2D eigenvalue weighted by Crippen LogP contribution is 2.13. The van der Waals surface area contributed by atoms with Gasteiger partial charge in [-0.05, 0) is 49.1 Å². The number of methoxy groups -OCH3 is 1. The molecule has 0 aliphatic heterocycles. The second-order valence-corrected chi connectivity index (χ2v) is 8.65. The van der Waals surface area contributed by atoms with Gasteiger partial charge in [0.25, 0.3) is 5.91 Å². The summed E-state index contributed by atoms with van der Waals surface area (Å²) in [6.07, 6.45) is 8.72. The first-order chi connectivity index (χ1) is 16.0. The van der Waals surface area contributed by atoms with Crippen molar-refractivity contribution in [3.05, 3.63) is 59.4 Å². The Bertz CT molecular complexity index is 845. The molecule has 1 aromatic carbocycles. The van der Waals surface area contributed by atoms with Crippen molar-refractivity contribution in [1.29, 1.82) is 0 Å². The van der Waals surface area contributed by atoms with E-state index in [0.29, 0.717) is 31.8 Å². The van der Waals surface area contributed by atoms with Crippen LogP contribution in [0.1, 0.15) is 67.6 Å². The fourth-order valence-electron chi connectivity index (χ4n) is 3.89. The number of amides is 2. The summed E-state index contributed by atoms with van der Waals surface area (Å²) >= 11 is 0. The van der Waals surface area contributed by atoms with Gasteiger partial charge in [-0.3, -0.25) is 9.59 Å². The Hall–Kier alpha value is -2.60. The highest BCUT2D eigenvalue weighted by Gasteiger charge is 2.22. The van der Waals surface area contributed by atoms with Crippen LogP contribution in [0.4, 0.5) is 0 Å². The number of carbonyl (C=O) groups is 2. The van der Waals surface area contributed by atoms with Crippen LogP contribution in [-0.4, -0.2) is 59.5 Å². The lowest BCUT2D eigenvalue weighted by molar-refractivity contribution is -0.133. The topological polar surface area (TPSA) is 54.8 Å². The molecule has 0 radical (unpaired) electrons. The zero-order valence-electron chi connectivity index (χ0n) is 20.9. The summed E-state index contributed by atoms with van der Waals surface area (Å²) in [7, 11) is 3.60. The van der Waals surface area contributed by atoms with Crippen LogP contribution in [0.5, 0.6) is 0 Å². The predicted molar refractivity (Wildman–Crippen MR) is 133 cm³/mol. The Kier molecular flexibility index (Phi) is 11.7. The van der Waals surface area contributed by atoms with Gasteiger partial charge in [0.15, 0.2) is 0 Å². The third-order valence-electron chi connectivity index (χ3n) is 5.95. The molecular weight excluding hydrogens is 414 g/mol. The van der Waals surface area contributed by atoms with E-state index in [9.17, 15) is 9.59 Å². The summed E-state index contributed by atoms with van der Waals surface area (Å²) in [5, 5.41) is 0. The van der Waals surface area contributed by atoms with Crippen LogP contribution < -0.4 is 0 Å². The van der Waals surface area contributed by atoms with Crippen molar-refractivity contribution in [1.82, 2.24) is 14.4 Å². The first-order valence-corrected chi connectivity index (χ1v) is 12.2. The van der Waals surface area contributed by atoms with Gasteiger partial charge in [0.05, 0.1) is 13.2 Å². The number of hydrogen-bond donors (Lipinski definition) is 0. The SMILES string of the molecule is CCCCCCc1ccc(C(=O)N(CCC)CC(=O)N(CCOC)Cc2cccn2C)cc1. The van der Waals surface area contributed by atoms with Crippen LogP contribution in [-0.2, 0) is 29.5 Å². The third kappa shape index (κ3) is 8.69. The average Bonchev–Trinajstić information content (AvgIpc) is 3.23. The van der Waals surface area contributed by atoms with Crippen LogP contribution in [0.25, 0.3) is 0 Å². The molecule has 33 heavy (non-hydrogen) atoms. The number of unbranched alkanes of at least 4 members (excludes halogenated alkanes) is 3. The Balaban J connectivity index is 2.04. The summed E-state index contributed by atoms with van der Waals surface area (Å²) in [6, 6.07) is 11.9. The third-order valence-corrected chi connectivity index (χ3v) is 5.95. The van der Waals surface area contributed by atoms with Crippen molar-refractivity contribution in [3.63, 3.8) is 0 Å². The van der Waals surface area contributed by atoms with Gasteiger partial charge >= 0.3 is 0 Å².